The number of hydrogen-bond donors (Lipinski definition) is 2. The van der Waals surface area contributed by atoms with Crippen LogP contribution in [0.3, 0.4) is 0 Å². The van der Waals surface area contributed by atoms with Gasteiger partial charge in [-0.1, -0.05) is 6.42 Å². The van der Waals surface area contributed by atoms with Gasteiger partial charge in [0, 0.05) is 17.9 Å². The Morgan fingerprint density at radius 2 is 2.33 bits per heavy atom. The van der Waals surface area contributed by atoms with Crippen LogP contribution in [-0.2, 0) is 0 Å². The van der Waals surface area contributed by atoms with E-state index in [4.69, 9.17) is 0 Å². The quantitative estimate of drug-likeness (QED) is 0.654. The predicted molar refractivity (Wildman–Crippen MR) is 50.1 cm³/mol. The second kappa shape index (κ2) is 3.31. The molecule has 2 N–H and O–H groups in total. The average molecular weight is 164 g/mol. The summed E-state index contributed by atoms with van der Waals surface area (Å²) in [6.07, 6.45) is 5.99. The minimum absolute atomic E-state index is 0.578. The molecule has 0 amide bonds. The van der Waals surface area contributed by atoms with Gasteiger partial charge in [-0.2, -0.15) is 0 Å². The van der Waals surface area contributed by atoms with E-state index in [1.165, 1.54) is 37.1 Å². The largest absolute Gasteiger partial charge is 0.363 e. The summed E-state index contributed by atoms with van der Waals surface area (Å²) in [5, 5.41) is 3.53. The van der Waals surface area contributed by atoms with Gasteiger partial charge in [0.1, 0.15) is 0 Å². The third-order valence-corrected chi connectivity index (χ3v) is 2.66. The Hall–Kier alpha value is -0.760. The number of nitrogens with one attached hydrogen (secondary N) is 2. The van der Waals surface area contributed by atoms with E-state index in [0.29, 0.717) is 6.04 Å². The van der Waals surface area contributed by atoms with Crippen molar-refractivity contribution in [1.82, 2.24) is 10.3 Å². The van der Waals surface area contributed by atoms with E-state index in [1.54, 1.807) is 0 Å². The van der Waals surface area contributed by atoms with Crippen molar-refractivity contribution in [3.63, 3.8) is 0 Å². The molecule has 66 valence electrons. The first-order chi connectivity index (χ1) is 5.88. The van der Waals surface area contributed by atoms with Crippen LogP contribution in [0.15, 0.2) is 12.3 Å². The smallest absolute Gasteiger partial charge is 0.0475 e. The van der Waals surface area contributed by atoms with Crippen molar-refractivity contribution in [2.24, 2.45) is 0 Å². The first kappa shape index (κ1) is 7.87. The molecule has 1 atom stereocenters. The summed E-state index contributed by atoms with van der Waals surface area (Å²) in [5.74, 6) is 0. The molecule has 0 radical (unpaired) electrons. The molecule has 1 aromatic heterocycles. The lowest BCUT2D eigenvalue weighted by Gasteiger charge is -2.23. The standard InChI is InChI=1S/C10H16N2/c1-8-5-7-12-10(8)9-4-2-3-6-11-9/h5,7,9,11-12H,2-4,6H2,1H3/t9-/m1/s1. The molecule has 0 unspecified atom stereocenters. The Kier molecular flexibility index (Phi) is 2.17. The molecule has 2 heterocycles. The first-order valence-corrected chi connectivity index (χ1v) is 4.75. The zero-order chi connectivity index (χ0) is 8.39. The highest BCUT2D eigenvalue weighted by molar-refractivity contribution is 5.22. The predicted octanol–water partition coefficient (Wildman–Crippen LogP) is 2.14. The van der Waals surface area contributed by atoms with E-state index < -0.39 is 0 Å². The third-order valence-electron chi connectivity index (χ3n) is 2.66. The van der Waals surface area contributed by atoms with Crippen molar-refractivity contribution in [2.45, 2.75) is 32.2 Å². The maximum atomic E-state index is 3.53. The van der Waals surface area contributed by atoms with Crippen molar-refractivity contribution in [1.29, 1.82) is 0 Å². The monoisotopic (exact) mass is 164 g/mol. The van der Waals surface area contributed by atoms with Crippen LogP contribution >= 0.6 is 0 Å². The van der Waals surface area contributed by atoms with Gasteiger partial charge >= 0.3 is 0 Å². The zero-order valence-corrected chi connectivity index (χ0v) is 7.56. The van der Waals surface area contributed by atoms with Crippen molar-refractivity contribution in [3.8, 4) is 0 Å². The van der Waals surface area contributed by atoms with Crippen LogP contribution in [0.2, 0.25) is 0 Å². The van der Waals surface area contributed by atoms with Crippen molar-refractivity contribution in [3.05, 3.63) is 23.5 Å². The normalized spacial score (nSPS) is 24.2. The van der Waals surface area contributed by atoms with Crippen LogP contribution in [0.5, 0.6) is 0 Å². The molecule has 2 nitrogen and oxygen atoms in total. The van der Waals surface area contributed by atoms with Gasteiger partial charge in [-0.25, -0.2) is 0 Å². The zero-order valence-electron chi connectivity index (χ0n) is 7.56. The number of aromatic amines is 1. The van der Waals surface area contributed by atoms with Crippen molar-refractivity contribution < 1.29 is 0 Å². The number of piperidine rings is 1. The molecule has 0 aromatic carbocycles. The SMILES string of the molecule is Cc1cc[nH]c1[C@H]1CCCCN1. The Balaban J connectivity index is 2.13. The topological polar surface area (TPSA) is 27.8 Å². The molecule has 0 saturated carbocycles. The molecular formula is C10H16N2. The summed E-state index contributed by atoms with van der Waals surface area (Å²) in [6, 6.07) is 2.72. The van der Waals surface area contributed by atoms with Crippen LogP contribution in [0.4, 0.5) is 0 Å². The fourth-order valence-corrected chi connectivity index (χ4v) is 1.93. The second-order valence-corrected chi connectivity index (χ2v) is 3.58. The number of hydrogen-bond acceptors (Lipinski definition) is 1. The Morgan fingerprint density at radius 3 is 2.92 bits per heavy atom. The molecule has 12 heavy (non-hydrogen) atoms. The Morgan fingerprint density at radius 1 is 1.42 bits per heavy atom. The van der Waals surface area contributed by atoms with Gasteiger partial charge in [0.2, 0.25) is 0 Å². The summed E-state index contributed by atoms with van der Waals surface area (Å²) < 4.78 is 0. The molecule has 1 aliphatic heterocycles. The maximum Gasteiger partial charge on any atom is 0.0475 e. The number of rotatable bonds is 1. The highest BCUT2D eigenvalue weighted by Gasteiger charge is 2.16. The van der Waals surface area contributed by atoms with Gasteiger partial charge in [0.15, 0.2) is 0 Å². The summed E-state index contributed by atoms with van der Waals surface area (Å²) in [5.41, 5.74) is 2.77. The molecule has 0 bridgehead atoms. The lowest BCUT2D eigenvalue weighted by molar-refractivity contribution is 0.405. The van der Waals surface area contributed by atoms with Crippen LogP contribution in [0.1, 0.15) is 36.6 Å². The highest BCUT2D eigenvalue weighted by atomic mass is 14.9. The van der Waals surface area contributed by atoms with E-state index in [-0.39, 0.29) is 0 Å². The minimum Gasteiger partial charge on any atom is -0.363 e. The maximum absolute atomic E-state index is 3.53. The lowest BCUT2D eigenvalue weighted by atomic mass is 10.0. The van der Waals surface area contributed by atoms with Gasteiger partial charge < -0.3 is 10.3 Å². The molecular weight excluding hydrogens is 148 g/mol. The van der Waals surface area contributed by atoms with Crippen molar-refractivity contribution in [2.75, 3.05) is 6.54 Å². The van der Waals surface area contributed by atoms with E-state index in [0.717, 1.165) is 0 Å². The van der Waals surface area contributed by atoms with E-state index in [9.17, 15) is 0 Å². The summed E-state index contributed by atoms with van der Waals surface area (Å²) in [4.78, 5) is 3.31. The molecule has 0 spiro atoms. The summed E-state index contributed by atoms with van der Waals surface area (Å²) in [6.45, 7) is 3.34. The fourth-order valence-electron chi connectivity index (χ4n) is 1.93. The number of H-pyrrole nitrogens is 1. The fraction of sp³-hybridized carbons (Fsp3) is 0.600. The minimum atomic E-state index is 0.578. The molecule has 1 aromatic rings. The van der Waals surface area contributed by atoms with Gasteiger partial charge in [-0.05, 0) is 37.9 Å². The van der Waals surface area contributed by atoms with E-state index >= 15 is 0 Å². The van der Waals surface area contributed by atoms with E-state index in [1.807, 2.05) is 6.20 Å². The van der Waals surface area contributed by atoms with Gasteiger partial charge in [-0.15, -0.1) is 0 Å². The van der Waals surface area contributed by atoms with Crippen LogP contribution in [0, 0.1) is 6.92 Å². The van der Waals surface area contributed by atoms with Gasteiger partial charge in [0.05, 0.1) is 0 Å². The first-order valence-electron chi connectivity index (χ1n) is 4.75. The Labute approximate surface area is 73.4 Å². The molecule has 2 heteroatoms. The van der Waals surface area contributed by atoms with Gasteiger partial charge in [-0.3, -0.25) is 0 Å². The van der Waals surface area contributed by atoms with Crippen LogP contribution in [0.25, 0.3) is 0 Å². The van der Waals surface area contributed by atoms with Crippen LogP contribution < -0.4 is 5.32 Å². The number of aromatic nitrogens is 1. The summed E-state index contributed by atoms with van der Waals surface area (Å²) in [7, 11) is 0. The average Bonchev–Trinajstić information content (AvgIpc) is 2.53. The Bertz CT molecular complexity index is 246. The van der Waals surface area contributed by atoms with Crippen LogP contribution in [-0.4, -0.2) is 11.5 Å². The third kappa shape index (κ3) is 1.39. The van der Waals surface area contributed by atoms with Gasteiger partial charge in [0.25, 0.3) is 0 Å². The van der Waals surface area contributed by atoms with Crippen molar-refractivity contribution >= 4 is 0 Å². The lowest BCUT2D eigenvalue weighted by Crippen LogP contribution is -2.27. The molecule has 1 saturated heterocycles. The molecule has 1 fully saturated rings. The molecule has 1 aliphatic rings. The highest BCUT2D eigenvalue weighted by Crippen LogP contribution is 2.23. The molecule has 0 aliphatic carbocycles. The van der Waals surface area contributed by atoms with E-state index in [2.05, 4.69) is 23.3 Å². The summed E-state index contributed by atoms with van der Waals surface area (Å²) >= 11 is 0. The second-order valence-electron chi connectivity index (χ2n) is 3.58. The number of aryl methyl sites for hydroxylation is 1. The molecule has 2 rings (SSSR count).